The molecule has 2 N–H and O–H groups in total. The van der Waals surface area contributed by atoms with Gasteiger partial charge in [-0.3, -0.25) is 9.58 Å². The van der Waals surface area contributed by atoms with Crippen LogP contribution in [0.4, 0.5) is 0 Å². The van der Waals surface area contributed by atoms with Crippen LogP contribution in [-0.2, 0) is 0 Å². The van der Waals surface area contributed by atoms with Crippen molar-refractivity contribution in [1.29, 1.82) is 0 Å². The van der Waals surface area contributed by atoms with Crippen LogP contribution in [0.5, 0.6) is 0 Å². The number of rotatable bonds is 4. The third-order valence-electron chi connectivity index (χ3n) is 3.34. The highest BCUT2D eigenvalue weighted by Crippen LogP contribution is 2.24. The Balaban J connectivity index is 2.12. The average Bonchev–Trinajstić information content (AvgIpc) is 2.88. The Kier molecular flexibility index (Phi) is 3.61. The van der Waals surface area contributed by atoms with E-state index in [1.165, 1.54) is 31.5 Å². The highest BCUT2D eigenvalue weighted by Gasteiger charge is 2.23. The zero-order valence-corrected chi connectivity index (χ0v) is 10.3. The molecule has 1 aromatic heterocycles. The number of hydrogen-bond acceptors (Lipinski definition) is 3. The Hall–Kier alpha value is -0.870. The molecular weight excluding hydrogens is 200 g/mol. The van der Waals surface area contributed by atoms with Gasteiger partial charge < -0.3 is 5.73 Å². The van der Waals surface area contributed by atoms with Crippen LogP contribution in [-0.4, -0.2) is 34.3 Å². The molecule has 0 amide bonds. The molecule has 1 unspecified atom stereocenters. The maximum absolute atomic E-state index is 5.89. The molecule has 2 rings (SSSR count). The van der Waals surface area contributed by atoms with E-state index in [4.69, 9.17) is 5.73 Å². The molecule has 4 nitrogen and oxygen atoms in total. The largest absolute Gasteiger partial charge is 0.329 e. The second-order valence-corrected chi connectivity index (χ2v) is 4.84. The average molecular weight is 222 g/mol. The van der Waals surface area contributed by atoms with Gasteiger partial charge in [0.2, 0.25) is 0 Å². The van der Waals surface area contributed by atoms with E-state index in [1.54, 1.807) is 0 Å². The lowest BCUT2D eigenvalue weighted by Crippen LogP contribution is -2.31. The fourth-order valence-corrected chi connectivity index (χ4v) is 2.36. The van der Waals surface area contributed by atoms with Crippen LogP contribution in [0, 0.1) is 0 Å². The predicted octanol–water partition coefficient (Wildman–Crippen LogP) is 1.56. The van der Waals surface area contributed by atoms with Gasteiger partial charge in [0, 0.05) is 24.3 Å². The first kappa shape index (κ1) is 11.6. The third-order valence-corrected chi connectivity index (χ3v) is 3.34. The normalized spacial score (nSPS) is 19.5. The van der Waals surface area contributed by atoms with Crippen molar-refractivity contribution in [2.24, 2.45) is 5.73 Å². The van der Waals surface area contributed by atoms with Crippen LogP contribution in [0.1, 0.15) is 44.3 Å². The van der Waals surface area contributed by atoms with Crippen molar-refractivity contribution >= 4 is 0 Å². The Bertz CT molecular complexity index is 326. The maximum atomic E-state index is 5.89. The van der Waals surface area contributed by atoms with E-state index in [0.29, 0.717) is 18.6 Å². The van der Waals surface area contributed by atoms with Gasteiger partial charge >= 0.3 is 0 Å². The van der Waals surface area contributed by atoms with Crippen LogP contribution in [0.15, 0.2) is 12.4 Å². The molecule has 1 aliphatic heterocycles. The minimum absolute atomic E-state index is 0.356. The summed E-state index contributed by atoms with van der Waals surface area (Å²) in [6, 6.07) is 0.778. The lowest BCUT2D eigenvalue weighted by molar-refractivity contribution is 0.251. The van der Waals surface area contributed by atoms with Crippen molar-refractivity contribution in [3.63, 3.8) is 0 Å². The molecule has 16 heavy (non-hydrogen) atoms. The fraction of sp³-hybridized carbons (Fsp3) is 0.750. The SMILES string of the molecule is CC(C)n1cc(C(CN)N2CCCC2)cn1. The van der Waals surface area contributed by atoms with Gasteiger partial charge in [0.15, 0.2) is 0 Å². The summed E-state index contributed by atoms with van der Waals surface area (Å²) < 4.78 is 2.01. The van der Waals surface area contributed by atoms with Crippen molar-refractivity contribution in [3.8, 4) is 0 Å². The predicted molar refractivity (Wildman–Crippen MR) is 65.2 cm³/mol. The molecule has 1 saturated heterocycles. The summed E-state index contributed by atoms with van der Waals surface area (Å²) in [5.74, 6) is 0. The molecule has 90 valence electrons. The molecule has 0 aliphatic carbocycles. The summed E-state index contributed by atoms with van der Waals surface area (Å²) in [5, 5.41) is 4.39. The first-order valence-corrected chi connectivity index (χ1v) is 6.20. The Morgan fingerprint density at radius 2 is 2.06 bits per heavy atom. The second-order valence-electron chi connectivity index (χ2n) is 4.84. The molecular formula is C12H22N4. The first-order chi connectivity index (χ1) is 7.72. The molecule has 0 bridgehead atoms. The van der Waals surface area contributed by atoms with Crippen molar-refractivity contribution in [2.45, 2.75) is 38.8 Å². The highest BCUT2D eigenvalue weighted by molar-refractivity contribution is 5.12. The van der Waals surface area contributed by atoms with Crippen LogP contribution in [0.25, 0.3) is 0 Å². The monoisotopic (exact) mass is 222 g/mol. The van der Waals surface area contributed by atoms with Crippen LogP contribution >= 0.6 is 0 Å². The minimum Gasteiger partial charge on any atom is -0.329 e. The summed E-state index contributed by atoms with van der Waals surface area (Å²) in [7, 11) is 0. The number of likely N-dealkylation sites (tertiary alicyclic amines) is 1. The zero-order chi connectivity index (χ0) is 11.5. The maximum Gasteiger partial charge on any atom is 0.0538 e. The molecule has 1 aliphatic rings. The number of nitrogens with zero attached hydrogens (tertiary/aromatic N) is 3. The van der Waals surface area contributed by atoms with E-state index >= 15 is 0 Å². The van der Waals surface area contributed by atoms with Crippen molar-refractivity contribution < 1.29 is 0 Å². The van der Waals surface area contributed by atoms with Gasteiger partial charge in [-0.25, -0.2) is 0 Å². The van der Waals surface area contributed by atoms with Crippen LogP contribution in [0.3, 0.4) is 0 Å². The van der Waals surface area contributed by atoms with Crippen molar-refractivity contribution in [1.82, 2.24) is 14.7 Å². The van der Waals surface area contributed by atoms with Crippen LogP contribution < -0.4 is 5.73 Å². The third kappa shape index (κ3) is 2.28. The van der Waals surface area contributed by atoms with Crippen molar-refractivity contribution in [2.75, 3.05) is 19.6 Å². The molecule has 0 aromatic carbocycles. The Morgan fingerprint density at radius 1 is 1.38 bits per heavy atom. The van der Waals surface area contributed by atoms with E-state index in [1.807, 2.05) is 10.9 Å². The van der Waals surface area contributed by atoms with E-state index < -0.39 is 0 Å². The molecule has 1 fully saturated rings. The van der Waals surface area contributed by atoms with E-state index in [9.17, 15) is 0 Å². The van der Waals surface area contributed by atoms with Gasteiger partial charge in [-0.2, -0.15) is 5.10 Å². The van der Waals surface area contributed by atoms with E-state index in [0.717, 1.165) is 0 Å². The first-order valence-electron chi connectivity index (χ1n) is 6.20. The molecule has 0 spiro atoms. The van der Waals surface area contributed by atoms with Gasteiger partial charge in [0.25, 0.3) is 0 Å². The van der Waals surface area contributed by atoms with Crippen LogP contribution in [0.2, 0.25) is 0 Å². The lowest BCUT2D eigenvalue weighted by Gasteiger charge is -2.25. The molecule has 4 heteroatoms. The standard InChI is InChI=1S/C12H22N4/c1-10(2)16-9-11(8-14-16)12(7-13)15-5-3-4-6-15/h8-10,12H,3-7,13H2,1-2H3. The number of nitrogens with two attached hydrogens (primary N) is 1. The number of hydrogen-bond donors (Lipinski definition) is 1. The van der Waals surface area contributed by atoms with E-state index in [2.05, 4.69) is 30.0 Å². The second kappa shape index (κ2) is 4.97. The lowest BCUT2D eigenvalue weighted by atomic mass is 10.1. The summed E-state index contributed by atoms with van der Waals surface area (Å²) in [6.07, 6.45) is 6.71. The zero-order valence-electron chi connectivity index (χ0n) is 10.3. The summed E-state index contributed by atoms with van der Waals surface area (Å²) >= 11 is 0. The van der Waals surface area contributed by atoms with Gasteiger partial charge in [-0.15, -0.1) is 0 Å². The Morgan fingerprint density at radius 3 is 2.56 bits per heavy atom. The van der Waals surface area contributed by atoms with Gasteiger partial charge in [-0.05, 0) is 39.8 Å². The Labute approximate surface area is 97.4 Å². The van der Waals surface area contributed by atoms with Gasteiger partial charge in [0.05, 0.1) is 12.2 Å². The molecule has 0 radical (unpaired) electrons. The fourth-order valence-electron chi connectivity index (χ4n) is 2.36. The molecule has 1 atom stereocenters. The topological polar surface area (TPSA) is 47.1 Å². The van der Waals surface area contributed by atoms with E-state index in [-0.39, 0.29) is 0 Å². The molecule has 1 aromatic rings. The summed E-state index contributed by atoms with van der Waals surface area (Å²) in [6.45, 7) is 7.32. The quantitative estimate of drug-likeness (QED) is 0.841. The summed E-state index contributed by atoms with van der Waals surface area (Å²) in [4.78, 5) is 2.47. The molecule has 2 heterocycles. The van der Waals surface area contributed by atoms with Gasteiger partial charge in [0.1, 0.15) is 0 Å². The molecule has 0 saturated carbocycles. The van der Waals surface area contributed by atoms with Gasteiger partial charge in [-0.1, -0.05) is 0 Å². The highest BCUT2D eigenvalue weighted by atomic mass is 15.3. The minimum atomic E-state index is 0.356. The number of aromatic nitrogens is 2. The summed E-state index contributed by atoms with van der Waals surface area (Å²) in [5.41, 5.74) is 7.15. The smallest absolute Gasteiger partial charge is 0.0538 e. The van der Waals surface area contributed by atoms with Crippen molar-refractivity contribution in [3.05, 3.63) is 18.0 Å².